The van der Waals surface area contributed by atoms with Gasteiger partial charge in [0.1, 0.15) is 6.61 Å². The van der Waals surface area contributed by atoms with Crippen LogP contribution in [0, 0.1) is 6.92 Å². The molecule has 3 rings (SSSR count). The molecule has 26 heavy (non-hydrogen) atoms. The molecule has 0 fully saturated rings. The van der Waals surface area contributed by atoms with E-state index in [1.54, 1.807) is 18.1 Å². The van der Waals surface area contributed by atoms with Gasteiger partial charge in [0.15, 0.2) is 0 Å². The Kier molecular flexibility index (Phi) is 6.32. The second-order valence-corrected chi connectivity index (χ2v) is 6.77. The summed E-state index contributed by atoms with van der Waals surface area (Å²) < 4.78 is 5.62. The largest absolute Gasteiger partial charge is 0.473 e. The highest BCUT2D eigenvalue weighted by molar-refractivity contribution is 7.98. The second-order valence-electron chi connectivity index (χ2n) is 5.66. The second kappa shape index (κ2) is 9.10. The molecule has 3 aromatic rings. The van der Waals surface area contributed by atoms with Crippen LogP contribution in [0.15, 0.2) is 47.5 Å². The Morgan fingerprint density at radius 2 is 2.12 bits per heavy atom. The molecular formula is C18H21N5O2S. The standard InChI is InChI=1S/C18H21N5O2S/c1-13-15(21-12-20-13)11-26-8-7-19-18-22-16(24)9-17(23-18)25-10-14-5-3-2-4-6-14/h2-6,9,12H,7-8,10-11H2,1H3,(H,20,21)(H2,19,22,23,24). The molecule has 0 saturated carbocycles. The molecule has 136 valence electrons. The van der Waals surface area contributed by atoms with Crippen LogP contribution in [0.5, 0.6) is 5.88 Å². The quantitative estimate of drug-likeness (QED) is 0.501. The number of H-pyrrole nitrogens is 2. The molecule has 0 bridgehead atoms. The van der Waals surface area contributed by atoms with Crippen LogP contribution < -0.4 is 15.6 Å². The number of hydrogen-bond donors (Lipinski definition) is 3. The van der Waals surface area contributed by atoms with E-state index in [0.717, 1.165) is 28.5 Å². The lowest BCUT2D eigenvalue weighted by molar-refractivity contribution is 0.293. The zero-order valence-electron chi connectivity index (χ0n) is 14.5. The van der Waals surface area contributed by atoms with Gasteiger partial charge in [-0.3, -0.25) is 9.78 Å². The third-order valence-electron chi connectivity index (χ3n) is 3.66. The van der Waals surface area contributed by atoms with E-state index in [9.17, 15) is 4.79 Å². The Bertz CT molecular complexity index is 879. The average molecular weight is 371 g/mol. The van der Waals surface area contributed by atoms with Gasteiger partial charge >= 0.3 is 0 Å². The summed E-state index contributed by atoms with van der Waals surface area (Å²) in [5, 5.41) is 3.12. The predicted octanol–water partition coefficient (Wildman–Crippen LogP) is 2.73. The van der Waals surface area contributed by atoms with Crippen LogP contribution >= 0.6 is 11.8 Å². The fourth-order valence-electron chi connectivity index (χ4n) is 2.27. The molecular weight excluding hydrogens is 350 g/mol. The van der Waals surface area contributed by atoms with E-state index in [2.05, 4.69) is 25.3 Å². The highest BCUT2D eigenvalue weighted by Gasteiger charge is 2.04. The van der Waals surface area contributed by atoms with Crippen LogP contribution in [0.25, 0.3) is 0 Å². The van der Waals surface area contributed by atoms with Crippen LogP contribution in [0.2, 0.25) is 0 Å². The van der Waals surface area contributed by atoms with E-state index in [4.69, 9.17) is 4.74 Å². The first kappa shape index (κ1) is 18.1. The van der Waals surface area contributed by atoms with Crippen molar-refractivity contribution in [1.29, 1.82) is 0 Å². The minimum Gasteiger partial charge on any atom is -0.473 e. The lowest BCUT2D eigenvalue weighted by atomic mass is 10.2. The molecule has 0 aliphatic rings. The summed E-state index contributed by atoms with van der Waals surface area (Å²) in [5.74, 6) is 2.43. The van der Waals surface area contributed by atoms with E-state index < -0.39 is 0 Å². The Morgan fingerprint density at radius 3 is 2.88 bits per heavy atom. The van der Waals surface area contributed by atoms with E-state index in [1.807, 2.05) is 37.3 Å². The number of nitrogens with one attached hydrogen (secondary N) is 3. The summed E-state index contributed by atoms with van der Waals surface area (Å²) in [6.45, 7) is 3.06. The molecule has 2 heterocycles. The van der Waals surface area contributed by atoms with Crippen molar-refractivity contribution >= 4 is 17.7 Å². The summed E-state index contributed by atoms with van der Waals surface area (Å²) in [4.78, 5) is 26.1. The van der Waals surface area contributed by atoms with Gasteiger partial charge in [-0.15, -0.1) is 0 Å². The fraction of sp³-hybridized carbons (Fsp3) is 0.278. The van der Waals surface area contributed by atoms with Crippen molar-refractivity contribution in [1.82, 2.24) is 19.9 Å². The van der Waals surface area contributed by atoms with E-state index in [0.29, 0.717) is 25.0 Å². The number of aromatic amines is 2. The number of anilines is 1. The Hall–Kier alpha value is -2.74. The molecule has 0 aliphatic carbocycles. The number of thioether (sulfide) groups is 1. The van der Waals surface area contributed by atoms with Crippen molar-refractivity contribution in [3.05, 3.63) is 70.0 Å². The van der Waals surface area contributed by atoms with Crippen molar-refractivity contribution in [2.45, 2.75) is 19.3 Å². The van der Waals surface area contributed by atoms with Gasteiger partial charge in [-0.25, -0.2) is 4.98 Å². The normalized spacial score (nSPS) is 10.7. The first-order chi connectivity index (χ1) is 12.7. The highest BCUT2D eigenvalue weighted by atomic mass is 32.2. The van der Waals surface area contributed by atoms with Gasteiger partial charge in [0.25, 0.3) is 5.56 Å². The molecule has 2 aromatic heterocycles. The van der Waals surface area contributed by atoms with Crippen molar-refractivity contribution in [2.75, 3.05) is 17.6 Å². The van der Waals surface area contributed by atoms with E-state index in [-0.39, 0.29) is 5.56 Å². The summed E-state index contributed by atoms with van der Waals surface area (Å²) in [5.41, 5.74) is 2.94. The number of benzene rings is 1. The average Bonchev–Trinajstić information content (AvgIpc) is 3.05. The summed E-state index contributed by atoms with van der Waals surface area (Å²) >= 11 is 1.76. The maximum Gasteiger partial charge on any atom is 0.256 e. The van der Waals surface area contributed by atoms with E-state index >= 15 is 0 Å². The fourth-order valence-corrected chi connectivity index (χ4v) is 3.14. The van der Waals surface area contributed by atoms with Gasteiger partial charge in [0.2, 0.25) is 11.8 Å². The minimum atomic E-state index is -0.245. The lowest BCUT2D eigenvalue weighted by Crippen LogP contribution is -2.15. The number of aryl methyl sites for hydroxylation is 1. The third-order valence-corrected chi connectivity index (χ3v) is 4.63. The molecule has 0 amide bonds. The molecule has 0 unspecified atom stereocenters. The lowest BCUT2D eigenvalue weighted by Gasteiger charge is -2.08. The number of imidazole rings is 1. The number of ether oxygens (including phenoxy) is 1. The molecule has 8 heteroatoms. The number of hydrogen-bond acceptors (Lipinski definition) is 6. The first-order valence-corrected chi connectivity index (χ1v) is 9.45. The summed E-state index contributed by atoms with van der Waals surface area (Å²) in [6.07, 6.45) is 1.71. The molecule has 0 spiro atoms. The molecule has 0 radical (unpaired) electrons. The number of rotatable bonds is 9. The van der Waals surface area contributed by atoms with Crippen LogP contribution in [0.1, 0.15) is 17.0 Å². The van der Waals surface area contributed by atoms with Gasteiger partial charge in [-0.2, -0.15) is 16.7 Å². The smallest absolute Gasteiger partial charge is 0.256 e. The van der Waals surface area contributed by atoms with Crippen LogP contribution in [0.4, 0.5) is 5.95 Å². The Morgan fingerprint density at radius 1 is 1.27 bits per heavy atom. The van der Waals surface area contributed by atoms with Crippen molar-refractivity contribution in [3.63, 3.8) is 0 Å². The summed E-state index contributed by atoms with van der Waals surface area (Å²) in [6, 6.07) is 11.1. The SMILES string of the molecule is Cc1[nH]cnc1CSCCNc1nc(OCc2ccccc2)cc(=O)[nH]1. The molecule has 0 atom stereocenters. The first-order valence-electron chi connectivity index (χ1n) is 8.29. The minimum absolute atomic E-state index is 0.245. The van der Waals surface area contributed by atoms with Crippen molar-refractivity contribution in [3.8, 4) is 5.88 Å². The van der Waals surface area contributed by atoms with Gasteiger partial charge < -0.3 is 15.0 Å². The number of aromatic nitrogens is 4. The van der Waals surface area contributed by atoms with Gasteiger partial charge in [0, 0.05) is 23.7 Å². The zero-order valence-corrected chi connectivity index (χ0v) is 15.3. The summed E-state index contributed by atoms with van der Waals surface area (Å²) in [7, 11) is 0. The maximum atomic E-state index is 11.8. The van der Waals surface area contributed by atoms with Gasteiger partial charge in [0.05, 0.1) is 18.1 Å². The number of nitrogens with zero attached hydrogens (tertiary/aromatic N) is 2. The van der Waals surface area contributed by atoms with E-state index in [1.165, 1.54) is 6.07 Å². The Balaban J connectivity index is 1.46. The van der Waals surface area contributed by atoms with Gasteiger partial charge in [-0.1, -0.05) is 30.3 Å². The highest BCUT2D eigenvalue weighted by Crippen LogP contribution is 2.13. The monoisotopic (exact) mass is 371 g/mol. The van der Waals surface area contributed by atoms with Gasteiger partial charge in [-0.05, 0) is 12.5 Å². The van der Waals surface area contributed by atoms with Crippen molar-refractivity contribution in [2.24, 2.45) is 0 Å². The van der Waals surface area contributed by atoms with Crippen molar-refractivity contribution < 1.29 is 4.74 Å². The molecule has 3 N–H and O–H groups in total. The molecule has 7 nitrogen and oxygen atoms in total. The topological polar surface area (TPSA) is 95.7 Å². The predicted molar refractivity (Wildman–Crippen MR) is 104 cm³/mol. The molecule has 0 aliphatic heterocycles. The van der Waals surface area contributed by atoms with Crippen LogP contribution in [-0.4, -0.2) is 32.2 Å². The maximum absolute atomic E-state index is 11.8. The van der Waals surface area contributed by atoms with Crippen LogP contribution in [-0.2, 0) is 12.4 Å². The zero-order chi connectivity index (χ0) is 18.2. The molecule has 1 aromatic carbocycles. The molecule has 0 saturated heterocycles. The van der Waals surface area contributed by atoms with Crippen LogP contribution in [0.3, 0.4) is 0 Å². The third kappa shape index (κ3) is 5.38. The Labute approximate surface area is 155 Å².